The maximum atomic E-state index is 11.2. The highest BCUT2D eigenvalue weighted by Crippen LogP contribution is 2.10. The fraction of sp³-hybridized carbons (Fsp3) is 0.500. The Hall–Kier alpha value is -1.13. The summed E-state index contributed by atoms with van der Waals surface area (Å²) in [6.07, 6.45) is 1.81. The van der Waals surface area contributed by atoms with E-state index in [0.717, 1.165) is 38.3 Å². The topological polar surface area (TPSA) is 36.4 Å². The first-order valence-electron chi connectivity index (χ1n) is 5.73. The number of carbonyl (C=O) groups excluding carboxylic acids is 1. The van der Waals surface area contributed by atoms with Crippen molar-refractivity contribution in [2.24, 2.45) is 0 Å². The Labute approximate surface area is 106 Å². The molecular formula is C12H16ClN3O. The van der Waals surface area contributed by atoms with Gasteiger partial charge in [-0.2, -0.15) is 0 Å². The molecule has 1 fully saturated rings. The van der Waals surface area contributed by atoms with Crippen LogP contribution in [0.15, 0.2) is 18.3 Å². The lowest BCUT2D eigenvalue weighted by Gasteiger charge is -2.34. The van der Waals surface area contributed by atoms with Gasteiger partial charge < -0.3 is 4.90 Å². The lowest BCUT2D eigenvalue weighted by molar-refractivity contribution is -0.130. The molecule has 1 amide bonds. The van der Waals surface area contributed by atoms with Gasteiger partial charge in [-0.05, 0) is 11.6 Å². The summed E-state index contributed by atoms with van der Waals surface area (Å²) in [4.78, 5) is 19.5. The van der Waals surface area contributed by atoms with Crippen LogP contribution in [0.25, 0.3) is 0 Å². The van der Waals surface area contributed by atoms with Crippen LogP contribution in [0, 0.1) is 0 Å². The number of rotatable bonds is 2. The van der Waals surface area contributed by atoms with Crippen molar-refractivity contribution in [3.63, 3.8) is 0 Å². The van der Waals surface area contributed by atoms with Gasteiger partial charge in [0.05, 0.1) is 0 Å². The number of pyridine rings is 1. The molecule has 0 N–H and O–H groups in total. The summed E-state index contributed by atoms with van der Waals surface area (Å²) in [6.45, 7) is 5.96. The summed E-state index contributed by atoms with van der Waals surface area (Å²) < 4.78 is 0. The molecule has 0 radical (unpaired) electrons. The molecule has 0 atom stereocenters. The van der Waals surface area contributed by atoms with Crippen LogP contribution in [-0.2, 0) is 11.3 Å². The molecule has 0 spiro atoms. The van der Waals surface area contributed by atoms with Crippen LogP contribution in [0.5, 0.6) is 0 Å². The van der Waals surface area contributed by atoms with E-state index in [2.05, 4.69) is 9.88 Å². The molecule has 2 heterocycles. The van der Waals surface area contributed by atoms with Crippen molar-refractivity contribution in [3.05, 3.63) is 29.0 Å². The lowest BCUT2D eigenvalue weighted by atomic mass is 10.2. The predicted molar refractivity (Wildman–Crippen MR) is 66.8 cm³/mol. The number of hydrogen-bond donors (Lipinski definition) is 0. The molecule has 17 heavy (non-hydrogen) atoms. The van der Waals surface area contributed by atoms with Gasteiger partial charge in [-0.1, -0.05) is 17.7 Å². The maximum Gasteiger partial charge on any atom is 0.219 e. The van der Waals surface area contributed by atoms with Crippen molar-refractivity contribution in [2.75, 3.05) is 26.2 Å². The van der Waals surface area contributed by atoms with E-state index in [1.165, 1.54) is 0 Å². The molecule has 5 heteroatoms. The Kier molecular flexibility index (Phi) is 3.97. The molecule has 1 aromatic rings. The monoisotopic (exact) mass is 253 g/mol. The van der Waals surface area contributed by atoms with Gasteiger partial charge in [-0.25, -0.2) is 4.98 Å². The van der Waals surface area contributed by atoms with Gasteiger partial charge in [0.1, 0.15) is 5.15 Å². The van der Waals surface area contributed by atoms with Crippen LogP contribution >= 0.6 is 11.6 Å². The van der Waals surface area contributed by atoms with E-state index in [9.17, 15) is 4.79 Å². The SMILES string of the molecule is CC(=O)N1CCN(Cc2ccc(Cl)nc2)CC1. The molecule has 0 saturated carbocycles. The van der Waals surface area contributed by atoms with E-state index in [0.29, 0.717) is 5.15 Å². The maximum absolute atomic E-state index is 11.2. The second-order valence-corrected chi connectivity index (χ2v) is 4.66. The summed E-state index contributed by atoms with van der Waals surface area (Å²) in [6, 6.07) is 3.80. The lowest BCUT2D eigenvalue weighted by Crippen LogP contribution is -2.47. The smallest absolute Gasteiger partial charge is 0.219 e. The van der Waals surface area contributed by atoms with Gasteiger partial charge in [0.15, 0.2) is 0 Å². The normalized spacial score (nSPS) is 17.2. The molecule has 92 valence electrons. The molecule has 0 aromatic carbocycles. The second kappa shape index (κ2) is 5.47. The van der Waals surface area contributed by atoms with Crippen LogP contribution in [-0.4, -0.2) is 46.9 Å². The molecule has 1 aliphatic heterocycles. The van der Waals surface area contributed by atoms with Crippen molar-refractivity contribution >= 4 is 17.5 Å². The van der Waals surface area contributed by atoms with E-state index in [-0.39, 0.29) is 5.91 Å². The van der Waals surface area contributed by atoms with Gasteiger partial charge in [-0.3, -0.25) is 9.69 Å². The largest absolute Gasteiger partial charge is 0.340 e. The van der Waals surface area contributed by atoms with Gasteiger partial charge in [-0.15, -0.1) is 0 Å². The zero-order valence-electron chi connectivity index (χ0n) is 9.90. The summed E-state index contributed by atoms with van der Waals surface area (Å²) in [5, 5.41) is 0.523. The van der Waals surface area contributed by atoms with E-state index < -0.39 is 0 Å². The number of amides is 1. The first-order valence-corrected chi connectivity index (χ1v) is 6.11. The molecule has 0 aliphatic carbocycles. The summed E-state index contributed by atoms with van der Waals surface area (Å²) in [5.41, 5.74) is 1.16. The highest BCUT2D eigenvalue weighted by molar-refractivity contribution is 6.29. The average molecular weight is 254 g/mol. The minimum absolute atomic E-state index is 0.165. The zero-order valence-corrected chi connectivity index (χ0v) is 10.7. The second-order valence-electron chi connectivity index (χ2n) is 4.27. The molecule has 1 saturated heterocycles. The summed E-state index contributed by atoms with van der Waals surface area (Å²) >= 11 is 5.74. The number of aromatic nitrogens is 1. The number of carbonyl (C=O) groups is 1. The Morgan fingerprint density at radius 1 is 1.35 bits per heavy atom. The van der Waals surface area contributed by atoms with Crippen LogP contribution < -0.4 is 0 Å². The standard InChI is InChI=1S/C12H16ClN3O/c1-10(17)16-6-4-15(5-7-16)9-11-2-3-12(13)14-8-11/h2-3,8H,4-7,9H2,1H3. The minimum Gasteiger partial charge on any atom is -0.340 e. The molecule has 0 bridgehead atoms. The third-order valence-corrected chi connectivity index (χ3v) is 3.24. The first-order chi connectivity index (χ1) is 8.15. The van der Waals surface area contributed by atoms with Gasteiger partial charge >= 0.3 is 0 Å². The van der Waals surface area contributed by atoms with Crippen LogP contribution in [0.3, 0.4) is 0 Å². The molecule has 2 rings (SSSR count). The number of hydrogen-bond acceptors (Lipinski definition) is 3. The number of halogens is 1. The molecule has 4 nitrogen and oxygen atoms in total. The third-order valence-electron chi connectivity index (χ3n) is 3.01. The van der Waals surface area contributed by atoms with Gasteiger partial charge in [0, 0.05) is 45.8 Å². The summed E-state index contributed by atoms with van der Waals surface area (Å²) in [7, 11) is 0. The third kappa shape index (κ3) is 3.41. The Balaban J connectivity index is 1.85. The van der Waals surface area contributed by atoms with Crippen molar-refractivity contribution in [3.8, 4) is 0 Å². The van der Waals surface area contributed by atoms with Gasteiger partial charge in [0.25, 0.3) is 0 Å². The highest BCUT2D eigenvalue weighted by Gasteiger charge is 2.18. The molecule has 1 aliphatic rings. The first kappa shape index (κ1) is 12.3. The van der Waals surface area contributed by atoms with E-state index in [4.69, 9.17) is 11.6 Å². The Bertz CT molecular complexity index is 385. The average Bonchev–Trinajstić information content (AvgIpc) is 2.33. The predicted octanol–water partition coefficient (Wildman–Crippen LogP) is 1.40. The van der Waals surface area contributed by atoms with Crippen molar-refractivity contribution in [1.29, 1.82) is 0 Å². The van der Waals surface area contributed by atoms with Crippen LogP contribution in [0.2, 0.25) is 5.15 Å². The number of nitrogens with zero attached hydrogens (tertiary/aromatic N) is 3. The molecular weight excluding hydrogens is 238 g/mol. The van der Waals surface area contributed by atoms with E-state index in [1.54, 1.807) is 13.1 Å². The fourth-order valence-electron chi connectivity index (χ4n) is 1.98. The molecule has 1 aromatic heterocycles. The quantitative estimate of drug-likeness (QED) is 0.748. The minimum atomic E-state index is 0.165. The fourth-order valence-corrected chi connectivity index (χ4v) is 2.09. The van der Waals surface area contributed by atoms with Crippen LogP contribution in [0.1, 0.15) is 12.5 Å². The molecule has 0 unspecified atom stereocenters. The highest BCUT2D eigenvalue weighted by atomic mass is 35.5. The van der Waals surface area contributed by atoms with Crippen molar-refractivity contribution < 1.29 is 4.79 Å². The number of piperazine rings is 1. The van der Waals surface area contributed by atoms with Crippen molar-refractivity contribution in [1.82, 2.24) is 14.8 Å². The van der Waals surface area contributed by atoms with Gasteiger partial charge in [0.2, 0.25) is 5.91 Å². The van der Waals surface area contributed by atoms with Crippen LogP contribution in [0.4, 0.5) is 0 Å². The Morgan fingerprint density at radius 2 is 2.06 bits per heavy atom. The summed E-state index contributed by atoms with van der Waals surface area (Å²) in [5.74, 6) is 0.165. The Morgan fingerprint density at radius 3 is 2.59 bits per heavy atom. The van der Waals surface area contributed by atoms with Crippen molar-refractivity contribution in [2.45, 2.75) is 13.5 Å². The van der Waals surface area contributed by atoms with E-state index >= 15 is 0 Å². The van der Waals surface area contributed by atoms with E-state index in [1.807, 2.05) is 17.0 Å². The zero-order chi connectivity index (χ0) is 12.3.